The van der Waals surface area contributed by atoms with Gasteiger partial charge in [-0.15, -0.1) is 0 Å². The number of aliphatic hydroxyl groups is 1. The highest BCUT2D eigenvalue weighted by molar-refractivity contribution is 5.15. The van der Waals surface area contributed by atoms with Gasteiger partial charge < -0.3 is 10.8 Å². The van der Waals surface area contributed by atoms with Crippen molar-refractivity contribution in [2.75, 3.05) is 6.61 Å². The number of hydrogen-bond donors (Lipinski definition) is 2. The van der Waals surface area contributed by atoms with E-state index in [9.17, 15) is 4.39 Å². The molecule has 0 spiro atoms. The van der Waals surface area contributed by atoms with Crippen LogP contribution in [0.2, 0.25) is 0 Å². The van der Waals surface area contributed by atoms with Crippen LogP contribution in [0.3, 0.4) is 0 Å². The highest BCUT2D eigenvalue weighted by Crippen LogP contribution is 2.18. The van der Waals surface area contributed by atoms with E-state index in [1.807, 2.05) is 6.92 Å². The lowest BCUT2D eigenvalue weighted by Crippen LogP contribution is -2.40. The van der Waals surface area contributed by atoms with Crippen LogP contribution in [0.1, 0.15) is 19.0 Å². The average molecular weight is 184 g/mol. The summed E-state index contributed by atoms with van der Waals surface area (Å²) in [6, 6.07) is 2.78. The molecule has 0 saturated heterocycles. The Morgan fingerprint density at radius 3 is 2.69 bits per heavy atom. The van der Waals surface area contributed by atoms with Crippen molar-refractivity contribution in [1.29, 1.82) is 0 Å². The van der Waals surface area contributed by atoms with Crippen molar-refractivity contribution in [2.45, 2.75) is 18.9 Å². The summed E-state index contributed by atoms with van der Waals surface area (Å²) in [7, 11) is 0. The van der Waals surface area contributed by atoms with Gasteiger partial charge in [-0.05, 0) is 18.6 Å². The van der Waals surface area contributed by atoms with Crippen molar-refractivity contribution in [3.8, 4) is 0 Å². The molecule has 1 heterocycles. The van der Waals surface area contributed by atoms with Gasteiger partial charge in [-0.2, -0.15) is 0 Å². The average Bonchev–Trinajstić information content (AvgIpc) is 2.18. The highest BCUT2D eigenvalue weighted by Gasteiger charge is 2.25. The molecule has 3 N–H and O–H groups in total. The van der Waals surface area contributed by atoms with E-state index in [1.54, 1.807) is 0 Å². The minimum absolute atomic E-state index is 0.192. The van der Waals surface area contributed by atoms with Crippen LogP contribution in [0, 0.1) is 5.82 Å². The lowest BCUT2D eigenvalue weighted by atomic mass is 9.94. The third-order valence-electron chi connectivity index (χ3n) is 2.15. The number of rotatable bonds is 3. The number of hydrogen-bond acceptors (Lipinski definition) is 3. The van der Waals surface area contributed by atoms with E-state index in [0.717, 1.165) is 6.20 Å². The SMILES string of the molecule is CCC(N)(CO)c1ccc(F)cn1. The monoisotopic (exact) mass is 184 g/mol. The Morgan fingerprint density at radius 1 is 1.62 bits per heavy atom. The fraction of sp³-hybridized carbons (Fsp3) is 0.444. The smallest absolute Gasteiger partial charge is 0.141 e. The quantitative estimate of drug-likeness (QED) is 0.729. The fourth-order valence-corrected chi connectivity index (χ4v) is 1.04. The predicted molar refractivity (Wildman–Crippen MR) is 47.4 cm³/mol. The molecule has 0 amide bonds. The molecule has 1 rings (SSSR count). The molecular formula is C9H13FN2O. The molecule has 1 aromatic heterocycles. The molecular weight excluding hydrogens is 171 g/mol. The Bertz CT molecular complexity index is 269. The molecule has 13 heavy (non-hydrogen) atoms. The van der Waals surface area contributed by atoms with Crippen molar-refractivity contribution in [1.82, 2.24) is 4.98 Å². The molecule has 0 saturated carbocycles. The van der Waals surface area contributed by atoms with Crippen molar-refractivity contribution in [3.63, 3.8) is 0 Å². The summed E-state index contributed by atoms with van der Waals surface area (Å²) in [6.07, 6.45) is 1.66. The zero-order valence-electron chi connectivity index (χ0n) is 7.50. The van der Waals surface area contributed by atoms with Crippen molar-refractivity contribution >= 4 is 0 Å². The van der Waals surface area contributed by atoms with Crippen LogP contribution in [0.15, 0.2) is 18.3 Å². The summed E-state index contributed by atoms with van der Waals surface area (Å²) >= 11 is 0. The van der Waals surface area contributed by atoms with Gasteiger partial charge in [0.15, 0.2) is 0 Å². The van der Waals surface area contributed by atoms with Gasteiger partial charge in [-0.3, -0.25) is 4.98 Å². The Balaban J connectivity index is 2.99. The summed E-state index contributed by atoms with van der Waals surface area (Å²) in [5, 5.41) is 9.05. The van der Waals surface area contributed by atoms with Gasteiger partial charge >= 0.3 is 0 Å². The number of aromatic nitrogens is 1. The molecule has 0 aromatic carbocycles. The molecule has 1 aromatic rings. The second-order valence-electron chi connectivity index (χ2n) is 3.03. The lowest BCUT2D eigenvalue weighted by Gasteiger charge is -2.24. The van der Waals surface area contributed by atoms with E-state index in [-0.39, 0.29) is 6.61 Å². The fourth-order valence-electron chi connectivity index (χ4n) is 1.04. The molecule has 0 radical (unpaired) electrons. The number of halogens is 1. The van der Waals surface area contributed by atoms with Crippen LogP contribution in [-0.2, 0) is 5.54 Å². The Morgan fingerprint density at radius 2 is 2.31 bits per heavy atom. The first-order valence-electron chi connectivity index (χ1n) is 4.14. The van der Waals surface area contributed by atoms with Gasteiger partial charge in [0.25, 0.3) is 0 Å². The number of pyridine rings is 1. The van der Waals surface area contributed by atoms with Crippen LogP contribution in [0.25, 0.3) is 0 Å². The maximum absolute atomic E-state index is 12.5. The second kappa shape index (κ2) is 3.81. The standard InChI is InChI=1S/C9H13FN2O/c1-2-9(11,6-13)8-4-3-7(10)5-12-8/h3-5,13H,2,6,11H2,1H3. The van der Waals surface area contributed by atoms with E-state index in [1.165, 1.54) is 12.1 Å². The van der Waals surface area contributed by atoms with Gasteiger partial charge in [0.05, 0.1) is 24.0 Å². The van der Waals surface area contributed by atoms with E-state index in [4.69, 9.17) is 10.8 Å². The normalized spacial score (nSPS) is 15.4. The second-order valence-corrected chi connectivity index (χ2v) is 3.03. The summed E-state index contributed by atoms with van der Waals surface area (Å²) < 4.78 is 12.5. The van der Waals surface area contributed by atoms with Crippen molar-refractivity contribution in [3.05, 3.63) is 29.8 Å². The summed E-state index contributed by atoms with van der Waals surface area (Å²) in [6.45, 7) is 1.66. The summed E-state index contributed by atoms with van der Waals surface area (Å²) in [5.41, 5.74) is 5.49. The van der Waals surface area contributed by atoms with Gasteiger partial charge in [-0.1, -0.05) is 6.92 Å². The van der Waals surface area contributed by atoms with Gasteiger partial charge in [0.1, 0.15) is 5.82 Å². The Hall–Kier alpha value is -1.00. The molecule has 0 aliphatic rings. The Kier molecular flexibility index (Phi) is 2.95. The highest BCUT2D eigenvalue weighted by atomic mass is 19.1. The van der Waals surface area contributed by atoms with Crippen LogP contribution >= 0.6 is 0 Å². The minimum atomic E-state index is -0.853. The Labute approximate surface area is 76.4 Å². The van der Waals surface area contributed by atoms with E-state index >= 15 is 0 Å². The topological polar surface area (TPSA) is 59.1 Å². The molecule has 1 atom stereocenters. The maximum Gasteiger partial charge on any atom is 0.141 e. The van der Waals surface area contributed by atoms with E-state index in [2.05, 4.69) is 4.98 Å². The molecule has 4 heteroatoms. The first-order chi connectivity index (χ1) is 6.12. The van der Waals surface area contributed by atoms with Crippen LogP contribution in [0.4, 0.5) is 4.39 Å². The molecule has 3 nitrogen and oxygen atoms in total. The lowest BCUT2D eigenvalue weighted by molar-refractivity contribution is 0.188. The van der Waals surface area contributed by atoms with Crippen LogP contribution < -0.4 is 5.73 Å². The molecule has 72 valence electrons. The zero-order chi connectivity index (χ0) is 9.90. The minimum Gasteiger partial charge on any atom is -0.394 e. The number of nitrogens with zero attached hydrogens (tertiary/aromatic N) is 1. The maximum atomic E-state index is 12.5. The molecule has 0 fully saturated rings. The number of nitrogens with two attached hydrogens (primary N) is 1. The first-order valence-corrected chi connectivity index (χ1v) is 4.14. The first kappa shape index (κ1) is 10.1. The molecule has 1 unspecified atom stereocenters. The van der Waals surface area contributed by atoms with Gasteiger partial charge in [0, 0.05) is 0 Å². The molecule has 0 aliphatic carbocycles. The van der Waals surface area contributed by atoms with E-state index in [0.29, 0.717) is 12.1 Å². The van der Waals surface area contributed by atoms with Crippen molar-refractivity contribution < 1.29 is 9.50 Å². The summed E-state index contributed by atoms with van der Waals surface area (Å²) in [5.74, 6) is -0.403. The zero-order valence-corrected chi connectivity index (χ0v) is 7.50. The number of aliphatic hydroxyl groups excluding tert-OH is 1. The van der Waals surface area contributed by atoms with Crippen LogP contribution in [-0.4, -0.2) is 16.7 Å². The van der Waals surface area contributed by atoms with E-state index < -0.39 is 11.4 Å². The van der Waals surface area contributed by atoms with Gasteiger partial charge in [-0.25, -0.2) is 4.39 Å². The molecule has 0 bridgehead atoms. The van der Waals surface area contributed by atoms with Gasteiger partial charge in [0.2, 0.25) is 0 Å². The third kappa shape index (κ3) is 2.02. The third-order valence-corrected chi connectivity index (χ3v) is 2.15. The largest absolute Gasteiger partial charge is 0.394 e. The van der Waals surface area contributed by atoms with Crippen molar-refractivity contribution in [2.24, 2.45) is 5.73 Å². The molecule has 0 aliphatic heterocycles. The van der Waals surface area contributed by atoms with Crippen LogP contribution in [0.5, 0.6) is 0 Å². The summed E-state index contributed by atoms with van der Waals surface area (Å²) in [4.78, 5) is 3.83. The predicted octanol–water partition coefficient (Wildman–Crippen LogP) is 0.777.